The summed E-state index contributed by atoms with van der Waals surface area (Å²) in [6.07, 6.45) is 6.06. The van der Waals surface area contributed by atoms with Crippen LogP contribution >= 0.6 is 0 Å². The van der Waals surface area contributed by atoms with E-state index in [4.69, 9.17) is 4.74 Å². The second-order valence-corrected chi connectivity index (χ2v) is 11.6. The van der Waals surface area contributed by atoms with Gasteiger partial charge in [-0.25, -0.2) is 13.1 Å². The molecule has 0 radical (unpaired) electrons. The van der Waals surface area contributed by atoms with Crippen molar-refractivity contribution in [2.75, 3.05) is 13.1 Å². The molecule has 0 aromatic heterocycles. The molecule has 32 heavy (non-hydrogen) atoms. The van der Waals surface area contributed by atoms with Gasteiger partial charge in [0.15, 0.2) is 0 Å². The van der Waals surface area contributed by atoms with Crippen molar-refractivity contribution in [3.8, 4) is 5.75 Å². The first-order chi connectivity index (χ1) is 15.4. The van der Waals surface area contributed by atoms with Gasteiger partial charge in [0.1, 0.15) is 5.75 Å². The molecule has 2 aromatic carbocycles. The summed E-state index contributed by atoms with van der Waals surface area (Å²) in [5, 5.41) is -0.412. The van der Waals surface area contributed by atoms with E-state index in [0.29, 0.717) is 23.8 Å². The van der Waals surface area contributed by atoms with Crippen LogP contribution in [0.3, 0.4) is 0 Å². The fraction of sp³-hybridized carbons (Fsp3) is 0.480. The van der Waals surface area contributed by atoms with Gasteiger partial charge in [0, 0.05) is 12.1 Å². The zero-order valence-electron chi connectivity index (χ0n) is 18.2. The molecule has 5 rings (SSSR count). The number of benzene rings is 2. The highest BCUT2D eigenvalue weighted by Gasteiger charge is 2.47. The smallest absolute Gasteiger partial charge is 0.264 e. The van der Waals surface area contributed by atoms with Crippen LogP contribution in [0.4, 0.5) is 0 Å². The summed E-state index contributed by atoms with van der Waals surface area (Å²) in [6, 6.07) is 17.4. The number of piperidine rings is 1. The van der Waals surface area contributed by atoms with Gasteiger partial charge >= 0.3 is 0 Å². The fourth-order valence-electron chi connectivity index (χ4n) is 4.95. The van der Waals surface area contributed by atoms with Crippen LogP contribution in [0.5, 0.6) is 5.75 Å². The number of likely N-dealkylation sites (tertiary alicyclic amines) is 1. The van der Waals surface area contributed by atoms with Crippen LogP contribution in [-0.2, 0) is 16.6 Å². The van der Waals surface area contributed by atoms with Gasteiger partial charge in [-0.15, -0.1) is 0 Å². The van der Waals surface area contributed by atoms with E-state index in [2.05, 4.69) is 40.0 Å². The number of amides is 1. The second-order valence-electron chi connectivity index (χ2n) is 9.61. The first-order valence-corrected chi connectivity index (χ1v) is 13.0. The summed E-state index contributed by atoms with van der Waals surface area (Å²) < 4.78 is 32.2. The summed E-state index contributed by atoms with van der Waals surface area (Å²) in [7, 11) is -3.53. The van der Waals surface area contributed by atoms with E-state index in [1.54, 1.807) is 24.3 Å². The maximum atomic E-state index is 12.2. The average molecular weight is 455 g/mol. The minimum atomic E-state index is -3.53. The summed E-state index contributed by atoms with van der Waals surface area (Å²) in [5.41, 5.74) is 2.12. The molecule has 1 heterocycles. The molecule has 2 aromatic rings. The molecule has 2 saturated carbocycles. The predicted molar refractivity (Wildman–Crippen MR) is 123 cm³/mol. The molecule has 0 unspecified atom stereocenters. The number of hydrogen-bond acceptors (Lipinski definition) is 5. The average Bonchev–Trinajstić information content (AvgIpc) is 3.61. The lowest BCUT2D eigenvalue weighted by atomic mass is 9.61. The molecule has 3 fully saturated rings. The second kappa shape index (κ2) is 8.52. The lowest BCUT2D eigenvalue weighted by molar-refractivity contribution is -0.0564. The molecule has 6 nitrogen and oxygen atoms in total. The van der Waals surface area contributed by atoms with Crippen molar-refractivity contribution in [1.29, 1.82) is 0 Å². The molecule has 0 bridgehead atoms. The monoisotopic (exact) mass is 454 g/mol. The van der Waals surface area contributed by atoms with E-state index < -0.39 is 21.2 Å². The third-order valence-corrected chi connectivity index (χ3v) is 8.92. The normalized spacial score (nSPS) is 21.1. The third kappa shape index (κ3) is 4.84. The van der Waals surface area contributed by atoms with Crippen LogP contribution in [0, 0.1) is 5.41 Å². The molecular weight excluding hydrogens is 424 g/mol. The highest BCUT2D eigenvalue weighted by Crippen LogP contribution is 2.50. The maximum Gasteiger partial charge on any atom is 0.264 e. The van der Waals surface area contributed by atoms with Gasteiger partial charge in [0.05, 0.1) is 11.4 Å². The Bertz CT molecular complexity index is 1050. The van der Waals surface area contributed by atoms with Gasteiger partial charge < -0.3 is 4.74 Å². The highest BCUT2D eigenvalue weighted by molar-refractivity contribution is 7.91. The molecule has 2 aliphatic carbocycles. The highest BCUT2D eigenvalue weighted by atomic mass is 32.2. The van der Waals surface area contributed by atoms with Gasteiger partial charge in [0.25, 0.3) is 5.91 Å². The van der Waals surface area contributed by atoms with E-state index in [1.807, 2.05) is 0 Å². The first-order valence-electron chi connectivity index (χ1n) is 11.5. The van der Waals surface area contributed by atoms with Crippen molar-refractivity contribution in [3.05, 3.63) is 65.7 Å². The van der Waals surface area contributed by atoms with Crippen molar-refractivity contribution in [2.45, 2.75) is 56.4 Å². The zero-order valence-corrected chi connectivity index (χ0v) is 19.0. The molecule has 1 amide bonds. The SMILES string of the molecule is O=C(NS(=O)(=O)C1CC1)c1ccc(OC2CC3(CCN(Cc4ccccc4)CC3)C2)cc1. The Hall–Kier alpha value is -2.38. The standard InChI is InChI=1S/C25H30N2O4S/c28-24(26-32(29,30)23-10-11-23)20-6-8-21(9-7-20)31-22-16-25(17-22)12-14-27(15-13-25)18-19-4-2-1-3-5-19/h1-9,22-23H,10-18H2,(H,26,28). The Morgan fingerprint density at radius 3 is 2.28 bits per heavy atom. The number of carbonyl (C=O) groups is 1. The van der Waals surface area contributed by atoms with Gasteiger partial charge in [-0.3, -0.25) is 9.69 Å². The quantitative estimate of drug-likeness (QED) is 0.690. The third-order valence-electron chi connectivity index (χ3n) is 7.10. The van der Waals surface area contributed by atoms with Crippen LogP contribution in [-0.4, -0.2) is 43.7 Å². The van der Waals surface area contributed by atoms with E-state index in [9.17, 15) is 13.2 Å². The van der Waals surface area contributed by atoms with Gasteiger partial charge in [-0.2, -0.15) is 0 Å². The van der Waals surface area contributed by atoms with Gasteiger partial charge in [-0.05, 0) is 86.9 Å². The van der Waals surface area contributed by atoms with Crippen molar-refractivity contribution in [2.24, 2.45) is 5.41 Å². The molecular formula is C25H30N2O4S. The van der Waals surface area contributed by atoms with Crippen LogP contribution in [0.15, 0.2) is 54.6 Å². The number of hydrogen-bond donors (Lipinski definition) is 1. The summed E-state index contributed by atoms with van der Waals surface area (Å²) in [6.45, 7) is 3.29. The van der Waals surface area contributed by atoms with Crippen LogP contribution in [0.25, 0.3) is 0 Å². The molecule has 1 spiro atoms. The van der Waals surface area contributed by atoms with Crippen molar-refractivity contribution in [3.63, 3.8) is 0 Å². The number of nitrogens with one attached hydrogen (secondary N) is 1. The largest absolute Gasteiger partial charge is 0.490 e. The summed E-state index contributed by atoms with van der Waals surface area (Å²) in [5.74, 6) is 0.154. The van der Waals surface area contributed by atoms with Gasteiger partial charge in [-0.1, -0.05) is 30.3 Å². The van der Waals surface area contributed by atoms with E-state index >= 15 is 0 Å². The van der Waals surface area contributed by atoms with Crippen LogP contribution < -0.4 is 9.46 Å². The maximum absolute atomic E-state index is 12.2. The number of nitrogens with zero attached hydrogens (tertiary/aromatic N) is 1. The Kier molecular flexibility index (Phi) is 5.72. The minimum absolute atomic E-state index is 0.214. The summed E-state index contributed by atoms with van der Waals surface area (Å²) in [4.78, 5) is 14.7. The Morgan fingerprint density at radius 1 is 1.00 bits per heavy atom. The number of sulfonamides is 1. The van der Waals surface area contributed by atoms with Gasteiger partial charge in [0.2, 0.25) is 10.0 Å². The molecule has 1 aliphatic heterocycles. The zero-order chi connectivity index (χ0) is 22.2. The lowest BCUT2D eigenvalue weighted by Crippen LogP contribution is -2.50. The molecule has 1 N–H and O–H groups in total. The molecule has 0 atom stereocenters. The molecule has 3 aliphatic rings. The Morgan fingerprint density at radius 2 is 1.66 bits per heavy atom. The topological polar surface area (TPSA) is 75.7 Å². The van der Waals surface area contributed by atoms with E-state index in [-0.39, 0.29) is 6.10 Å². The number of ether oxygens (including phenoxy) is 1. The fourth-order valence-corrected chi connectivity index (χ4v) is 6.25. The van der Waals surface area contributed by atoms with Crippen molar-refractivity contribution >= 4 is 15.9 Å². The Labute approximate surface area is 190 Å². The number of rotatable bonds is 7. The van der Waals surface area contributed by atoms with Crippen LogP contribution in [0.1, 0.15) is 54.4 Å². The Balaban J connectivity index is 1.07. The first kappa shape index (κ1) is 21.5. The van der Waals surface area contributed by atoms with Crippen molar-refractivity contribution < 1.29 is 17.9 Å². The van der Waals surface area contributed by atoms with E-state index in [1.165, 1.54) is 18.4 Å². The van der Waals surface area contributed by atoms with Crippen molar-refractivity contribution in [1.82, 2.24) is 9.62 Å². The molecule has 1 saturated heterocycles. The van der Waals surface area contributed by atoms with Crippen LogP contribution in [0.2, 0.25) is 0 Å². The summed E-state index contributed by atoms with van der Waals surface area (Å²) >= 11 is 0. The molecule has 7 heteroatoms. The number of carbonyl (C=O) groups excluding carboxylic acids is 1. The minimum Gasteiger partial charge on any atom is -0.490 e. The predicted octanol–water partition coefficient (Wildman–Crippen LogP) is 3.73. The lowest BCUT2D eigenvalue weighted by Gasteiger charge is -2.51. The van der Waals surface area contributed by atoms with E-state index in [0.717, 1.165) is 38.2 Å². The molecule has 170 valence electrons.